The maximum Gasteiger partial charge on any atom is 0.231 e. The van der Waals surface area contributed by atoms with Crippen LogP contribution in [0.4, 0.5) is 0 Å². The lowest BCUT2D eigenvalue weighted by Crippen LogP contribution is -1.80. The molecule has 3 N–H and O–H groups in total. The van der Waals surface area contributed by atoms with E-state index in [2.05, 4.69) is 13.8 Å². The Labute approximate surface area is 134 Å². The highest BCUT2D eigenvalue weighted by molar-refractivity contribution is 5.26. The molecule has 0 atom stereocenters. The third-order valence-corrected chi connectivity index (χ3v) is 2.71. The van der Waals surface area contributed by atoms with Gasteiger partial charge in [-0.25, -0.2) is 30.6 Å². The molecule has 0 aliphatic carbocycles. The van der Waals surface area contributed by atoms with E-state index in [9.17, 15) is 0 Å². The van der Waals surface area contributed by atoms with Crippen LogP contribution in [0.2, 0.25) is 0 Å². The first-order chi connectivity index (χ1) is 10.7. The third-order valence-electron chi connectivity index (χ3n) is 2.71. The molecule has 0 aliphatic heterocycles. The first kappa shape index (κ1) is 28.3. The lowest BCUT2D eigenvalue weighted by molar-refractivity contribution is 0.554. The zero-order valence-electron chi connectivity index (χ0n) is 14.0. The molecule has 0 radical (unpaired) electrons. The van der Waals surface area contributed by atoms with Gasteiger partial charge in [-0.3, -0.25) is 0 Å². The van der Waals surface area contributed by atoms with Crippen LogP contribution in [0.15, 0.2) is 0 Å². The van der Waals surface area contributed by atoms with Gasteiger partial charge in [0.05, 0.1) is 0 Å². The summed E-state index contributed by atoms with van der Waals surface area (Å²) in [6, 6.07) is 0. The minimum atomic E-state index is 0.750. The van der Waals surface area contributed by atoms with Crippen molar-refractivity contribution in [1.29, 1.82) is 16.2 Å². The molecule has 22 heavy (non-hydrogen) atoms. The summed E-state index contributed by atoms with van der Waals surface area (Å²) in [4.78, 5) is 25.0. The summed E-state index contributed by atoms with van der Waals surface area (Å²) in [6.45, 7) is 4.56. The van der Waals surface area contributed by atoms with Gasteiger partial charge >= 0.3 is 0 Å². The van der Waals surface area contributed by atoms with Crippen LogP contribution in [-0.4, -0.2) is 18.2 Å². The summed E-state index contributed by atoms with van der Waals surface area (Å²) in [5.41, 5.74) is 0. The number of hydrogen-bond acceptors (Lipinski definition) is 6. The van der Waals surface area contributed by atoms with Crippen molar-refractivity contribution in [3.63, 3.8) is 0 Å². The van der Waals surface area contributed by atoms with E-state index in [-0.39, 0.29) is 0 Å². The van der Waals surface area contributed by atoms with Crippen LogP contribution in [0.3, 0.4) is 0 Å². The number of hydrogen-bond donors (Lipinski definition) is 3. The molecule has 0 bridgehead atoms. The molecule has 0 rings (SSSR count). The molecule has 0 aromatic rings. The van der Waals surface area contributed by atoms with Crippen molar-refractivity contribution in [3.05, 3.63) is 0 Å². The van der Waals surface area contributed by atoms with Gasteiger partial charge in [0.1, 0.15) is 0 Å². The number of rotatable bonds is 10. The molecular formula is C16H31N3O3. The first-order valence-corrected chi connectivity index (χ1v) is 7.78. The van der Waals surface area contributed by atoms with E-state index in [1.54, 1.807) is 0 Å². The minimum Gasteiger partial charge on any atom is -0.222 e. The van der Waals surface area contributed by atoms with Gasteiger partial charge in [-0.05, 0) is 0 Å². The SMILES string of the molecule is CCCCCCCCCCCCC.N=C=O.N=C=O.N=C=O. The summed E-state index contributed by atoms with van der Waals surface area (Å²) in [5, 5.41) is 16.2. The van der Waals surface area contributed by atoms with Crippen LogP contribution in [0.25, 0.3) is 0 Å². The fourth-order valence-corrected chi connectivity index (χ4v) is 1.74. The molecule has 0 aromatic carbocycles. The van der Waals surface area contributed by atoms with Crippen LogP contribution >= 0.6 is 0 Å². The van der Waals surface area contributed by atoms with Gasteiger partial charge in [0, 0.05) is 0 Å². The Morgan fingerprint density at radius 3 is 0.773 bits per heavy atom. The summed E-state index contributed by atoms with van der Waals surface area (Å²) >= 11 is 0. The maximum atomic E-state index is 8.35. The van der Waals surface area contributed by atoms with Gasteiger partial charge < -0.3 is 0 Å². The van der Waals surface area contributed by atoms with Gasteiger partial charge in [-0.1, -0.05) is 84.5 Å². The molecule has 0 aliphatic rings. The second kappa shape index (κ2) is 42.7. The van der Waals surface area contributed by atoms with Crippen molar-refractivity contribution in [2.24, 2.45) is 0 Å². The highest BCUT2D eigenvalue weighted by Gasteiger charge is 1.90. The Morgan fingerprint density at radius 1 is 0.500 bits per heavy atom. The average molecular weight is 313 g/mol. The average Bonchev–Trinajstić information content (AvgIpc) is 2.48. The molecule has 6 nitrogen and oxygen atoms in total. The zero-order chi connectivity index (χ0) is 17.9. The molecule has 128 valence electrons. The van der Waals surface area contributed by atoms with Crippen LogP contribution in [0.1, 0.15) is 84.5 Å². The summed E-state index contributed by atoms with van der Waals surface area (Å²) < 4.78 is 0. The lowest BCUT2D eigenvalue weighted by Gasteiger charge is -2.00. The van der Waals surface area contributed by atoms with Crippen LogP contribution in [-0.2, 0) is 14.4 Å². The largest absolute Gasteiger partial charge is 0.231 e. The molecule has 0 amide bonds. The van der Waals surface area contributed by atoms with E-state index >= 15 is 0 Å². The molecule has 0 heterocycles. The Kier molecular flexibility index (Phi) is 55.0. The molecule has 6 heteroatoms. The van der Waals surface area contributed by atoms with Crippen molar-refractivity contribution >= 4 is 18.2 Å². The highest BCUT2D eigenvalue weighted by Crippen LogP contribution is 2.10. The Bertz CT molecular complexity index is 238. The van der Waals surface area contributed by atoms with E-state index in [1.807, 2.05) is 0 Å². The summed E-state index contributed by atoms with van der Waals surface area (Å²) in [7, 11) is 0. The number of unbranched alkanes of at least 4 members (excludes halogenated alkanes) is 10. The van der Waals surface area contributed by atoms with Crippen LogP contribution in [0.5, 0.6) is 0 Å². The lowest BCUT2D eigenvalue weighted by atomic mass is 10.1. The van der Waals surface area contributed by atoms with Crippen molar-refractivity contribution in [1.82, 2.24) is 0 Å². The predicted molar refractivity (Wildman–Crippen MR) is 87.4 cm³/mol. The van der Waals surface area contributed by atoms with Crippen molar-refractivity contribution < 1.29 is 14.4 Å². The van der Waals surface area contributed by atoms with Crippen molar-refractivity contribution in [3.8, 4) is 0 Å². The number of nitrogens with one attached hydrogen (secondary N) is 3. The van der Waals surface area contributed by atoms with E-state index in [0.717, 1.165) is 18.2 Å². The highest BCUT2D eigenvalue weighted by atomic mass is 16.1. The fraction of sp³-hybridized carbons (Fsp3) is 0.812. The first-order valence-electron chi connectivity index (χ1n) is 7.78. The topological polar surface area (TPSA) is 123 Å². The minimum absolute atomic E-state index is 0.750. The molecule has 0 saturated carbocycles. The van der Waals surface area contributed by atoms with Crippen LogP contribution < -0.4 is 0 Å². The maximum absolute atomic E-state index is 8.35. The standard InChI is InChI=1S/C13H28.3CHNO/c1-3-5-7-9-11-13-12-10-8-6-4-2;3*2-1-3/h3-13H2,1-2H3;3*2H. The monoisotopic (exact) mass is 313 g/mol. The van der Waals surface area contributed by atoms with Crippen LogP contribution in [0, 0.1) is 16.2 Å². The summed E-state index contributed by atoms with van der Waals surface area (Å²) in [6.07, 6.45) is 18.2. The van der Waals surface area contributed by atoms with Gasteiger partial charge in [0.15, 0.2) is 0 Å². The quantitative estimate of drug-likeness (QED) is 0.298. The second-order valence-corrected chi connectivity index (χ2v) is 4.49. The normalized spacial score (nSPS) is 7.36. The van der Waals surface area contributed by atoms with Crippen molar-refractivity contribution in [2.75, 3.05) is 0 Å². The van der Waals surface area contributed by atoms with Gasteiger partial charge in [0.2, 0.25) is 18.2 Å². The molecular weight excluding hydrogens is 282 g/mol. The Morgan fingerprint density at radius 2 is 0.636 bits per heavy atom. The van der Waals surface area contributed by atoms with Gasteiger partial charge in [-0.15, -0.1) is 0 Å². The van der Waals surface area contributed by atoms with Crippen molar-refractivity contribution in [2.45, 2.75) is 84.5 Å². The van der Waals surface area contributed by atoms with E-state index in [4.69, 9.17) is 30.6 Å². The van der Waals surface area contributed by atoms with Gasteiger partial charge in [0.25, 0.3) is 0 Å². The third kappa shape index (κ3) is 80.4. The molecule has 0 spiro atoms. The number of isocyanates is 3. The number of carbonyl (C=O) groups excluding carboxylic acids is 3. The smallest absolute Gasteiger partial charge is 0.222 e. The van der Waals surface area contributed by atoms with E-state index in [1.165, 1.54) is 70.6 Å². The Hall–Kier alpha value is -1.86. The fourth-order valence-electron chi connectivity index (χ4n) is 1.74. The zero-order valence-corrected chi connectivity index (χ0v) is 14.0. The van der Waals surface area contributed by atoms with E-state index < -0.39 is 0 Å². The van der Waals surface area contributed by atoms with Gasteiger partial charge in [-0.2, -0.15) is 0 Å². The predicted octanol–water partition coefficient (Wildman–Crippen LogP) is 5.02. The second-order valence-electron chi connectivity index (χ2n) is 4.49. The Balaban J connectivity index is -0.000000148. The molecule has 0 fully saturated rings. The molecule has 0 saturated heterocycles. The summed E-state index contributed by atoms with van der Waals surface area (Å²) in [5.74, 6) is 0. The molecule has 0 aromatic heterocycles. The van der Waals surface area contributed by atoms with E-state index in [0.29, 0.717) is 0 Å². The molecule has 0 unspecified atom stereocenters.